The van der Waals surface area contributed by atoms with Crippen molar-refractivity contribution in [2.75, 3.05) is 19.8 Å². The lowest BCUT2D eigenvalue weighted by molar-refractivity contribution is -0.233. The van der Waals surface area contributed by atoms with Gasteiger partial charge in [-0.3, -0.25) is 4.55 Å². The molecule has 0 radical (unpaired) electrons. The average molecular weight is 666 g/mol. The molecule has 6 nitrogen and oxygen atoms in total. The quantitative estimate of drug-likeness (QED) is 0.153. The fourth-order valence-corrected chi connectivity index (χ4v) is 6.43. The third-order valence-corrected chi connectivity index (χ3v) is 10.1. The fourth-order valence-electron chi connectivity index (χ4n) is 4.18. The molecule has 1 fully saturated rings. The average Bonchev–Trinajstić information content (AvgIpc) is 3.02. The van der Waals surface area contributed by atoms with E-state index in [1.165, 1.54) is 31.2 Å². The summed E-state index contributed by atoms with van der Waals surface area (Å²) >= 11 is 0. The first kappa shape index (κ1) is 34.1. The zero-order valence-electron chi connectivity index (χ0n) is 24.1. The topological polar surface area (TPSA) is 82.1 Å². The number of hydrogen-bond donors (Lipinski definition) is 1. The molecule has 3 aromatic carbocycles. The maximum absolute atomic E-state index is 13.9. The fraction of sp³-hybridized carbons (Fsp3) is 0.400. The molecule has 0 aromatic heterocycles. The van der Waals surface area contributed by atoms with Gasteiger partial charge in [0.2, 0.25) is 0 Å². The number of benzene rings is 3. The van der Waals surface area contributed by atoms with E-state index < -0.39 is 63.7 Å². The molecule has 240 valence electrons. The van der Waals surface area contributed by atoms with Gasteiger partial charge in [-0.25, -0.2) is 0 Å². The van der Waals surface area contributed by atoms with Crippen molar-refractivity contribution < 1.29 is 53.5 Å². The van der Waals surface area contributed by atoms with Gasteiger partial charge >= 0.3 is 27.2 Å². The van der Waals surface area contributed by atoms with Gasteiger partial charge in [0.15, 0.2) is 27.1 Å². The van der Waals surface area contributed by atoms with Crippen LogP contribution in [0.2, 0.25) is 0 Å². The van der Waals surface area contributed by atoms with Crippen LogP contribution in [0.1, 0.15) is 38.8 Å². The lowest BCUT2D eigenvalue weighted by Crippen LogP contribution is -2.45. The lowest BCUT2D eigenvalue weighted by Gasteiger charge is -2.28. The highest BCUT2D eigenvalue weighted by atomic mass is 32.2. The lowest BCUT2D eigenvalue weighted by atomic mass is 9.87. The minimum absolute atomic E-state index is 0.0664. The van der Waals surface area contributed by atoms with Crippen LogP contribution >= 0.6 is 0 Å². The molecule has 1 atom stereocenters. The molecule has 0 bridgehead atoms. The number of rotatable bonds is 8. The Morgan fingerprint density at radius 3 is 1.61 bits per heavy atom. The van der Waals surface area contributed by atoms with Crippen LogP contribution in [0, 0.1) is 0 Å². The van der Waals surface area contributed by atoms with Gasteiger partial charge < -0.3 is 14.2 Å². The van der Waals surface area contributed by atoms with Crippen molar-refractivity contribution in [3.8, 4) is 5.75 Å². The summed E-state index contributed by atoms with van der Waals surface area (Å²) in [6, 6.07) is 20.3. The van der Waals surface area contributed by atoms with Crippen LogP contribution in [-0.2, 0) is 41.7 Å². The second kappa shape index (κ2) is 11.9. The van der Waals surface area contributed by atoms with Crippen molar-refractivity contribution in [3.05, 3.63) is 83.9 Å². The van der Waals surface area contributed by atoms with Gasteiger partial charge in [0.05, 0.1) is 10.9 Å². The Balaban J connectivity index is 1.67. The number of halogens is 6. The monoisotopic (exact) mass is 665 g/mol. The predicted octanol–water partition coefficient (Wildman–Crippen LogP) is 7.43. The molecule has 0 spiro atoms. The van der Waals surface area contributed by atoms with Crippen LogP contribution in [0.5, 0.6) is 5.75 Å². The number of alkyl halides is 6. The second-order valence-electron chi connectivity index (χ2n) is 11.4. The molecule has 0 saturated carbocycles. The molecule has 44 heavy (non-hydrogen) atoms. The van der Waals surface area contributed by atoms with E-state index >= 15 is 0 Å². The number of hydrogen-bond acceptors (Lipinski definition) is 5. The number of ether oxygens (including phenoxy) is 3. The van der Waals surface area contributed by atoms with Gasteiger partial charge in [-0.1, -0.05) is 32.9 Å². The zero-order valence-corrected chi connectivity index (χ0v) is 25.8. The first-order valence-corrected chi connectivity index (χ1v) is 15.9. The molecule has 0 amide bonds. The van der Waals surface area contributed by atoms with Crippen molar-refractivity contribution >= 4 is 21.0 Å². The van der Waals surface area contributed by atoms with Crippen LogP contribution in [0.15, 0.2) is 87.5 Å². The van der Waals surface area contributed by atoms with Gasteiger partial charge in [-0.15, -0.1) is 0 Å². The largest absolute Gasteiger partial charge is 0.486 e. The Labute approximate surface area is 254 Å². The van der Waals surface area contributed by atoms with Crippen molar-refractivity contribution in [1.29, 1.82) is 0 Å². The maximum Gasteiger partial charge on any atom is 0.402 e. The predicted molar refractivity (Wildman–Crippen MR) is 151 cm³/mol. The van der Waals surface area contributed by atoms with E-state index in [4.69, 9.17) is 18.8 Å². The first-order chi connectivity index (χ1) is 20.2. The molecule has 1 saturated heterocycles. The van der Waals surface area contributed by atoms with Crippen molar-refractivity contribution in [3.63, 3.8) is 0 Å². The van der Waals surface area contributed by atoms with Gasteiger partial charge in [-0.05, 0) is 78.6 Å². The Kier molecular flexibility index (Phi) is 9.19. The molecule has 1 unspecified atom stereocenters. The normalized spacial score (nSPS) is 19.2. The Hall–Kier alpha value is -2.78. The van der Waals surface area contributed by atoms with E-state index in [1.807, 2.05) is 24.3 Å². The van der Waals surface area contributed by atoms with Gasteiger partial charge in [0.1, 0.15) is 19.0 Å². The van der Waals surface area contributed by atoms with E-state index in [2.05, 4.69) is 20.8 Å². The van der Waals surface area contributed by atoms with Crippen LogP contribution in [0.25, 0.3) is 0 Å². The molecule has 1 aliphatic heterocycles. The summed E-state index contributed by atoms with van der Waals surface area (Å²) in [4.78, 5) is 2.31. The summed E-state index contributed by atoms with van der Waals surface area (Å²) in [5.41, 5.74) is 1.20. The van der Waals surface area contributed by atoms with Crippen molar-refractivity contribution in [1.82, 2.24) is 0 Å². The van der Waals surface area contributed by atoms with Crippen LogP contribution in [-0.4, -0.2) is 49.9 Å². The summed E-state index contributed by atoms with van der Waals surface area (Å²) in [5.74, 6) is -10.7. The van der Waals surface area contributed by atoms with Crippen LogP contribution in [0.3, 0.4) is 0 Å². The van der Waals surface area contributed by atoms with Crippen molar-refractivity contribution in [2.45, 2.75) is 70.7 Å². The Bertz CT molecular complexity index is 1540. The second-order valence-corrected chi connectivity index (χ2v) is 15.0. The minimum atomic E-state index is -5.66. The highest BCUT2D eigenvalue weighted by Gasteiger charge is 2.60. The molecule has 4 rings (SSSR count). The van der Waals surface area contributed by atoms with Gasteiger partial charge in [0.25, 0.3) is 0 Å². The third kappa shape index (κ3) is 7.20. The molecule has 3 aromatic rings. The highest BCUT2D eigenvalue weighted by molar-refractivity contribution is 7.97. The van der Waals surface area contributed by atoms with E-state index in [1.54, 1.807) is 24.3 Å². The van der Waals surface area contributed by atoms with Gasteiger partial charge in [-0.2, -0.15) is 34.8 Å². The molecule has 0 aliphatic carbocycles. The summed E-state index contributed by atoms with van der Waals surface area (Å²) in [6.07, 6.45) is 0. The third-order valence-electron chi connectivity index (χ3n) is 7.01. The van der Waals surface area contributed by atoms with E-state index in [0.717, 1.165) is 15.4 Å². The Morgan fingerprint density at radius 2 is 1.20 bits per heavy atom. The Morgan fingerprint density at radius 1 is 0.795 bits per heavy atom. The SMILES string of the molecule is CC(C)(C)c1ccc([S+](c2ccc(OCC(F)(F)S(=O)(=O)O)cc2)c2ccc(C3(C)OCC(F)(F)C(F)(F)CO3)cc2)cc1. The van der Waals surface area contributed by atoms with Crippen molar-refractivity contribution in [2.24, 2.45) is 0 Å². The smallest absolute Gasteiger partial charge is 0.402 e. The highest BCUT2D eigenvalue weighted by Crippen LogP contribution is 2.43. The van der Waals surface area contributed by atoms with Crippen LogP contribution < -0.4 is 4.74 Å². The molecule has 14 heteroatoms. The molecule has 1 N–H and O–H groups in total. The van der Waals surface area contributed by atoms with E-state index in [9.17, 15) is 34.8 Å². The first-order valence-electron chi connectivity index (χ1n) is 13.2. The molecular weight excluding hydrogens is 634 g/mol. The standard InChI is InChI=1S/C30H30F6O6S2/c1-26(2,3)20-5-11-23(12-6-20)43(25-15-9-22(10-16-25)40-19-30(35,36)44(37,38)39)24-13-7-21(8-14-24)27(4)41-17-28(31,32)29(33,34)18-42-27/h5-16H,17-19H2,1-4H3/p+1. The molecule has 1 heterocycles. The van der Waals surface area contributed by atoms with E-state index in [0.29, 0.717) is 4.90 Å². The van der Waals surface area contributed by atoms with Crippen LogP contribution in [0.4, 0.5) is 26.3 Å². The van der Waals surface area contributed by atoms with Gasteiger partial charge in [0, 0.05) is 5.56 Å². The molecular formula is C30H31F6O6S2+. The van der Waals surface area contributed by atoms with E-state index in [-0.39, 0.29) is 16.7 Å². The molecule has 1 aliphatic rings. The maximum atomic E-state index is 13.9. The summed E-state index contributed by atoms with van der Waals surface area (Å²) in [7, 11) is -6.47. The minimum Gasteiger partial charge on any atom is -0.486 e. The zero-order chi connectivity index (χ0) is 32.8. The summed E-state index contributed by atoms with van der Waals surface area (Å²) < 4.78 is 129. The summed E-state index contributed by atoms with van der Waals surface area (Å²) in [6.45, 7) is 2.82. The summed E-state index contributed by atoms with van der Waals surface area (Å²) in [5, 5.41) is -4.50.